The van der Waals surface area contributed by atoms with Crippen molar-refractivity contribution in [3.8, 4) is 0 Å². The Morgan fingerprint density at radius 3 is 3.00 bits per heavy atom. The Balaban J connectivity index is 2.19. The molecule has 1 heterocycles. The van der Waals surface area contributed by atoms with Gasteiger partial charge in [0.1, 0.15) is 0 Å². The van der Waals surface area contributed by atoms with Crippen molar-refractivity contribution in [3.63, 3.8) is 0 Å². The second kappa shape index (κ2) is 5.16. The molecule has 1 aromatic rings. The lowest BCUT2D eigenvalue weighted by Crippen LogP contribution is -1.80. The van der Waals surface area contributed by atoms with Crippen LogP contribution in [0.3, 0.4) is 0 Å². The number of nitrogens with zero attached hydrogens (tertiary/aromatic N) is 2. The Kier molecular flexibility index (Phi) is 4.10. The summed E-state index contributed by atoms with van der Waals surface area (Å²) in [6.45, 7) is 3.65. The van der Waals surface area contributed by atoms with Crippen molar-refractivity contribution in [1.82, 2.24) is 10.2 Å². The lowest BCUT2D eigenvalue weighted by atomic mass is 10.3. The Bertz CT molecular complexity index is 247. The number of aromatic nitrogens is 2. The third-order valence-corrected chi connectivity index (χ3v) is 3.17. The Morgan fingerprint density at radius 2 is 2.42 bits per heavy atom. The molecule has 0 aliphatic carbocycles. The van der Waals surface area contributed by atoms with Gasteiger partial charge in [-0.1, -0.05) is 29.2 Å². The molecule has 0 unspecified atom stereocenters. The molecule has 1 rings (SSSR count). The molecule has 12 heavy (non-hydrogen) atoms. The highest BCUT2D eigenvalue weighted by Gasteiger charge is 1.99. The molecule has 66 valence electrons. The Hall–Kier alpha value is -0.550. The molecule has 0 fully saturated rings. The third kappa shape index (κ3) is 3.23. The molecule has 0 aliphatic rings. The van der Waals surface area contributed by atoms with Crippen LogP contribution in [0.25, 0.3) is 0 Å². The van der Waals surface area contributed by atoms with Gasteiger partial charge in [-0.25, -0.2) is 0 Å². The van der Waals surface area contributed by atoms with E-state index in [1.54, 1.807) is 11.8 Å². The number of rotatable bonds is 5. The molecule has 5 heteroatoms. The van der Waals surface area contributed by atoms with E-state index in [-0.39, 0.29) is 0 Å². The zero-order valence-corrected chi connectivity index (χ0v) is 8.33. The molecule has 1 aromatic heterocycles. The van der Waals surface area contributed by atoms with Crippen LogP contribution in [0.1, 0.15) is 12.8 Å². The first kappa shape index (κ1) is 9.54. The number of nitrogens with two attached hydrogens (primary N) is 1. The molecule has 0 aromatic carbocycles. The summed E-state index contributed by atoms with van der Waals surface area (Å²) in [5.41, 5.74) is 5.42. The van der Waals surface area contributed by atoms with Crippen molar-refractivity contribution in [1.29, 1.82) is 0 Å². The van der Waals surface area contributed by atoms with Crippen LogP contribution in [0.15, 0.2) is 17.0 Å². The van der Waals surface area contributed by atoms with Gasteiger partial charge in [0, 0.05) is 5.75 Å². The third-order valence-electron chi connectivity index (χ3n) is 1.20. The number of hydrogen-bond donors (Lipinski definition) is 1. The van der Waals surface area contributed by atoms with Crippen LogP contribution in [0.2, 0.25) is 0 Å². The van der Waals surface area contributed by atoms with Crippen LogP contribution in [-0.4, -0.2) is 16.0 Å². The molecule has 0 amide bonds. The summed E-state index contributed by atoms with van der Waals surface area (Å²) in [4.78, 5) is 0. The number of allylic oxidation sites excluding steroid dienone is 1. The number of nitrogen functional groups attached to an aromatic ring is 1. The maximum atomic E-state index is 5.42. The molecule has 0 radical (unpaired) electrons. The summed E-state index contributed by atoms with van der Waals surface area (Å²) in [7, 11) is 0. The summed E-state index contributed by atoms with van der Waals surface area (Å²) >= 11 is 3.14. The zero-order chi connectivity index (χ0) is 8.81. The first-order chi connectivity index (χ1) is 5.83. The summed E-state index contributed by atoms with van der Waals surface area (Å²) in [5, 5.41) is 8.16. The first-order valence-electron chi connectivity index (χ1n) is 3.65. The average Bonchev–Trinajstić information content (AvgIpc) is 2.45. The lowest BCUT2D eigenvalue weighted by molar-refractivity contribution is 0.966. The van der Waals surface area contributed by atoms with Gasteiger partial charge in [-0.3, -0.25) is 0 Å². The van der Waals surface area contributed by atoms with Crippen LogP contribution in [-0.2, 0) is 0 Å². The van der Waals surface area contributed by atoms with Gasteiger partial charge in [0.25, 0.3) is 0 Å². The van der Waals surface area contributed by atoms with E-state index in [2.05, 4.69) is 16.8 Å². The van der Waals surface area contributed by atoms with Crippen molar-refractivity contribution < 1.29 is 0 Å². The smallest absolute Gasteiger partial charge is 0.203 e. The largest absolute Gasteiger partial charge is 0.374 e. The maximum absolute atomic E-state index is 5.42. The molecule has 0 saturated heterocycles. The molecule has 3 nitrogen and oxygen atoms in total. The van der Waals surface area contributed by atoms with E-state index in [9.17, 15) is 0 Å². The number of thioether (sulfide) groups is 1. The first-order valence-corrected chi connectivity index (χ1v) is 5.46. The van der Waals surface area contributed by atoms with Crippen molar-refractivity contribution in [3.05, 3.63) is 12.7 Å². The van der Waals surface area contributed by atoms with E-state index in [0.717, 1.165) is 22.9 Å². The van der Waals surface area contributed by atoms with Gasteiger partial charge >= 0.3 is 0 Å². The van der Waals surface area contributed by atoms with Gasteiger partial charge in [-0.2, -0.15) is 0 Å². The average molecular weight is 201 g/mol. The van der Waals surface area contributed by atoms with E-state index in [0.29, 0.717) is 5.13 Å². The monoisotopic (exact) mass is 201 g/mol. The van der Waals surface area contributed by atoms with E-state index in [4.69, 9.17) is 5.73 Å². The minimum absolute atomic E-state index is 0.543. The normalized spacial score (nSPS) is 10.0. The SMILES string of the molecule is C=CCCCSc1nnc(N)s1. The number of anilines is 1. The van der Waals surface area contributed by atoms with Crippen LogP contribution in [0.5, 0.6) is 0 Å². The fraction of sp³-hybridized carbons (Fsp3) is 0.429. The second-order valence-corrected chi connectivity index (χ2v) is 4.54. The highest BCUT2D eigenvalue weighted by atomic mass is 32.2. The molecule has 2 N–H and O–H groups in total. The molecule has 0 aliphatic heterocycles. The van der Waals surface area contributed by atoms with E-state index < -0.39 is 0 Å². The Morgan fingerprint density at radius 1 is 1.58 bits per heavy atom. The van der Waals surface area contributed by atoms with E-state index >= 15 is 0 Å². The van der Waals surface area contributed by atoms with Gasteiger partial charge in [0.15, 0.2) is 4.34 Å². The molecular formula is C7H11N3S2. The second-order valence-electron chi connectivity index (χ2n) is 2.19. The summed E-state index contributed by atoms with van der Waals surface area (Å²) < 4.78 is 0.955. The van der Waals surface area contributed by atoms with Crippen LogP contribution < -0.4 is 5.73 Å². The lowest BCUT2D eigenvalue weighted by Gasteiger charge is -1.92. The van der Waals surface area contributed by atoms with Crippen molar-refractivity contribution in [2.45, 2.75) is 17.2 Å². The summed E-state index contributed by atoms with van der Waals surface area (Å²) in [5.74, 6) is 1.06. The van der Waals surface area contributed by atoms with Crippen molar-refractivity contribution in [2.75, 3.05) is 11.5 Å². The van der Waals surface area contributed by atoms with Crippen LogP contribution in [0.4, 0.5) is 5.13 Å². The highest BCUT2D eigenvalue weighted by molar-refractivity contribution is 8.01. The topological polar surface area (TPSA) is 51.8 Å². The number of unbranched alkanes of at least 4 members (excludes halogenated alkanes) is 1. The highest BCUT2D eigenvalue weighted by Crippen LogP contribution is 2.24. The predicted octanol–water partition coefficient (Wildman–Crippen LogP) is 2.18. The molecular weight excluding hydrogens is 190 g/mol. The quantitative estimate of drug-likeness (QED) is 0.450. The maximum Gasteiger partial charge on any atom is 0.203 e. The van der Waals surface area contributed by atoms with Gasteiger partial charge in [0.2, 0.25) is 5.13 Å². The van der Waals surface area contributed by atoms with Crippen molar-refractivity contribution >= 4 is 28.2 Å². The number of hydrogen-bond acceptors (Lipinski definition) is 5. The van der Waals surface area contributed by atoms with E-state index in [1.807, 2.05) is 6.08 Å². The minimum Gasteiger partial charge on any atom is -0.374 e. The zero-order valence-electron chi connectivity index (χ0n) is 6.69. The van der Waals surface area contributed by atoms with Crippen molar-refractivity contribution in [2.24, 2.45) is 0 Å². The van der Waals surface area contributed by atoms with Gasteiger partial charge in [-0.15, -0.1) is 16.8 Å². The predicted molar refractivity (Wildman–Crippen MR) is 54.5 cm³/mol. The molecule has 0 saturated carbocycles. The fourth-order valence-electron chi connectivity index (χ4n) is 0.666. The Labute approximate surface area is 80.1 Å². The summed E-state index contributed by atoms with van der Waals surface area (Å²) in [6, 6.07) is 0. The van der Waals surface area contributed by atoms with Crippen LogP contribution in [0, 0.1) is 0 Å². The van der Waals surface area contributed by atoms with Crippen LogP contribution >= 0.6 is 23.1 Å². The molecule has 0 bridgehead atoms. The minimum atomic E-state index is 0.543. The fourth-order valence-corrected chi connectivity index (χ4v) is 2.33. The standard InChI is InChI=1S/C7H11N3S2/c1-2-3-4-5-11-7-10-9-6(8)12-7/h2H,1,3-5H2,(H2,8,9). The summed E-state index contributed by atoms with van der Waals surface area (Å²) in [6.07, 6.45) is 4.12. The molecule has 0 atom stereocenters. The van der Waals surface area contributed by atoms with Gasteiger partial charge < -0.3 is 5.73 Å². The van der Waals surface area contributed by atoms with Gasteiger partial charge in [-0.05, 0) is 12.8 Å². The molecule has 0 spiro atoms. The van der Waals surface area contributed by atoms with E-state index in [1.165, 1.54) is 11.3 Å². The van der Waals surface area contributed by atoms with Gasteiger partial charge in [0.05, 0.1) is 0 Å².